The lowest BCUT2D eigenvalue weighted by Gasteiger charge is -2.08. The highest BCUT2D eigenvalue weighted by Gasteiger charge is 2.22. The van der Waals surface area contributed by atoms with E-state index in [1.54, 1.807) is 37.3 Å². The molecule has 0 atom stereocenters. The molecule has 194 valence electrons. The van der Waals surface area contributed by atoms with Gasteiger partial charge in [0.25, 0.3) is 18.8 Å². The van der Waals surface area contributed by atoms with Crippen LogP contribution in [0.5, 0.6) is 0 Å². The Morgan fingerprint density at radius 3 is 2.61 bits per heavy atom. The fourth-order valence-electron chi connectivity index (χ4n) is 3.81. The van der Waals surface area contributed by atoms with Crippen LogP contribution in [-0.4, -0.2) is 47.7 Å². The lowest BCUT2D eigenvalue weighted by Crippen LogP contribution is -2.13. The van der Waals surface area contributed by atoms with Crippen LogP contribution in [0.3, 0.4) is 0 Å². The monoisotopic (exact) mass is 527 g/mol. The highest BCUT2D eigenvalue weighted by atomic mass is 19.3. The third-order valence-corrected chi connectivity index (χ3v) is 5.47. The maximum atomic E-state index is 13.4. The summed E-state index contributed by atoms with van der Waals surface area (Å²) in [6, 6.07) is 9.86. The van der Waals surface area contributed by atoms with E-state index in [-0.39, 0.29) is 29.2 Å². The first-order valence-electron chi connectivity index (χ1n) is 11.2. The van der Waals surface area contributed by atoms with Crippen molar-refractivity contribution in [3.63, 3.8) is 0 Å². The van der Waals surface area contributed by atoms with Crippen LogP contribution in [0, 0.1) is 0 Å². The quantitative estimate of drug-likeness (QED) is 0.240. The van der Waals surface area contributed by atoms with Gasteiger partial charge in [-0.15, -0.1) is 0 Å². The predicted octanol–water partition coefficient (Wildman–Crippen LogP) is 4.74. The van der Waals surface area contributed by atoms with Gasteiger partial charge in [-0.25, -0.2) is 41.4 Å². The van der Waals surface area contributed by atoms with Crippen LogP contribution in [0.15, 0.2) is 54.9 Å². The Bertz CT molecular complexity index is 1680. The predicted molar refractivity (Wildman–Crippen MR) is 125 cm³/mol. The van der Waals surface area contributed by atoms with Crippen molar-refractivity contribution in [2.24, 2.45) is 0 Å². The van der Waals surface area contributed by atoms with E-state index in [0.717, 1.165) is 6.07 Å². The molecule has 5 aromatic rings. The first-order valence-corrected chi connectivity index (χ1v) is 11.2. The number of hydrogen-bond acceptors (Lipinski definition) is 7. The molecule has 0 radical (unpaired) electrons. The number of esters is 1. The van der Waals surface area contributed by atoms with Gasteiger partial charge in [0.2, 0.25) is 0 Å². The minimum Gasteiger partial charge on any atom is -0.462 e. The van der Waals surface area contributed by atoms with Crippen molar-refractivity contribution in [2.75, 3.05) is 11.9 Å². The van der Waals surface area contributed by atoms with E-state index in [4.69, 9.17) is 4.74 Å². The van der Waals surface area contributed by atoms with E-state index in [2.05, 4.69) is 25.5 Å². The number of hydrogen-bond donors (Lipinski definition) is 1. The molecule has 0 unspecified atom stereocenters. The number of fused-ring (bicyclic) bond motifs is 2. The van der Waals surface area contributed by atoms with E-state index >= 15 is 0 Å². The highest BCUT2D eigenvalue weighted by Crippen LogP contribution is 2.27. The molecule has 0 bridgehead atoms. The molecular weight excluding hydrogens is 510 g/mol. The Labute approximate surface area is 210 Å². The minimum absolute atomic E-state index is 0.191. The Hall–Kier alpha value is -4.88. The maximum absolute atomic E-state index is 13.4. The third kappa shape index (κ3) is 4.51. The van der Waals surface area contributed by atoms with E-state index in [1.165, 1.54) is 16.9 Å². The standard InChI is InChI=1S/C24H17F4N7O3/c1-2-38-24(37)14-11-30-35-17(6-7-29-22(14)35)12-4-3-5-13(8-12)31-23(36)16-10-19-32-15(20(25)26)9-18(21(27)28)34(19)33-16/h3-11,20-21H,2H2,1H3,(H,31,36). The summed E-state index contributed by atoms with van der Waals surface area (Å²) in [5.41, 5.74) is -0.312. The van der Waals surface area contributed by atoms with Crippen LogP contribution in [-0.2, 0) is 4.74 Å². The van der Waals surface area contributed by atoms with Crippen molar-refractivity contribution in [3.05, 3.63) is 77.5 Å². The zero-order valence-electron chi connectivity index (χ0n) is 19.5. The molecule has 0 spiro atoms. The number of ether oxygens (including phenoxy) is 1. The van der Waals surface area contributed by atoms with Crippen molar-refractivity contribution >= 4 is 28.9 Å². The summed E-state index contributed by atoms with van der Waals surface area (Å²) in [7, 11) is 0. The number of carbonyl (C=O) groups excluding carboxylic acids is 2. The van der Waals surface area contributed by atoms with Crippen LogP contribution < -0.4 is 5.32 Å². The maximum Gasteiger partial charge on any atom is 0.343 e. The van der Waals surface area contributed by atoms with Gasteiger partial charge in [0.05, 0.1) is 18.5 Å². The van der Waals surface area contributed by atoms with Gasteiger partial charge in [-0.1, -0.05) is 12.1 Å². The Morgan fingerprint density at radius 2 is 1.87 bits per heavy atom. The van der Waals surface area contributed by atoms with Crippen LogP contribution >= 0.6 is 0 Å². The van der Waals surface area contributed by atoms with Gasteiger partial charge in [0, 0.05) is 23.5 Å². The number of amides is 1. The summed E-state index contributed by atoms with van der Waals surface area (Å²) < 4.78 is 60.2. The molecule has 0 aliphatic rings. The Balaban J connectivity index is 1.45. The van der Waals surface area contributed by atoms with Gasteiger partial charge < -0.3 is 10.1 Å². The van der Waals surface area contributed by atoms with Gasteiger partial charge in [-0.05, 0) is 31.2 Å². The van der Waals surface area contributed by atoms with Crippen molar-refractivity contribution in [2.45, 2.75) is 19.8 Å². The van der Waals surface area contributed by atoms with Crippen molar-refractivity contribution in [3.8, 4) is 11.3 Å². The molecule has 0 fully saturated rings. The van der Waals surface area contributed by atoms with Crippen molar-refractivity contribution in [1.82, 2.24) is 29.2 Å². The SMILES string of the molecule is CCOC(=O)c1cnn2c(-c3cccc(NC(=O)c4cc5nc(C(F)F)cc(C(F)F)n5n4)c3)ccnc12. The summed E-state index contributed by atoms with van der Waals surface area (Å²) in [6.45, 7) is 1.88. The molecule has 38 heavy (non-hydrogen) atoms. The molecule has 0 aliphatic heterocycles. The van der Waals surface area contributed by atoms with Crippen molar-refractivity contribution in [1.29, 1.82) is 0 Å². The third-order valence-electron chi connectivity index (χ3n) is 5.47. The number of carbonyl (C=O) groups is 2. The molecule has 4 aromatic heterocycles. The molecule has 1 amide bonds. The van der Waals surface area contributed by atoms with E-state index in [9.17, 15) is 27.2 Å². The van der Waals surface area contributed by atoms with E-state index in [1.807, 2.05) is 0 Å². The Morgan fingerprint density at radius 1 is 1.05 bits per heavy atom. The molecule has 0 saturated carbocycles. The lowest BCUT2D eigenvalue weighted by atomic mass is 10.1. The molecular formula is C24H17F4N7O3. The smallest absolute Gasteiger partial charge is 0.343 e. The number of halogens is 4. The molecule has 4 heterocycles. The van der Waals surface area contributed by atoms with Gasteiger partial charge in [0.15, 0.2) is 17.0 Å². The average molecular weight is 527 g/mol. The molecule has 10 nitrogen and oxygen atoms in total. The number of nitrogens with one attached hydrogen (secondary N) is 1. The lowest BCUT2D eigenvalue weighted by molar-refractivity contribution is 0.0528. The minimum atomic E-state index is -3.12. The van der Waals surface area contributed by atoms with E-state index in [0.29, 0.717) is 27.5 Å². The van der Waals surface area contributed by atoms with Gasteiger partial charge in [-0.3, -0.25) is 4.79 Å². The average Bonchev–Trinajstić information content (AvgIpc) is 3.53. The normalized spacial score (nSPS) is 11.6. The molecule has 1 aromatic carbocycles. The first kappa shape index (κ1) is 24.8. The number of alkyl halides is 4. The molecule has 14 heteroatoms. The van der Waals surface area contributed by atoms with Crippen LogP contribution in [0.4, 0.5) is 23.2 Å². The van der Waals surface area contributed by atoms with Crippen molar-refractivity contribution < 1.29 is 31.9 Å². The summed E-state index contributed by atoms with van der Waals surface area (Å²) >= 11 is 0. The summed E-state index contributed by atoms with van der Waals surface area (Å²) in [5, 5.41) is 10.7. The number of rotatable bonds is 7. The Kier molecular flexibility index (Phi) is 6.45. The molecule has 5 rings (SSSR count). The number of anilines is 1. The second-order valence-corrected chi connectivity index (χ2v) is 7.89. The number of benzene rings is 1. The van der Waals surface area contributed by atoms with E-state index < -0.39 is 36.1 Å². The summed E-state index contributed by atoms with van der Waals surface area (Å²) in [6.07, 6.45) is -3.34. The van der Waals surface area contributed by atoms with Crippen LogP contribution in [0.25, 0.3) is 22.6 Å². The second-order valence-electron chi connectivity index (χ2n) is 7.89. The highest BCUT2D eigenvalue weighted by molar-refractivity contribution is 6.03. The zero-order chi connectivity index (χ0) is 27.0. The zero-order valence-corrected chi connectivity index (χ0v) is 19.5. The number of nitrogens with zero attached hydrogens (tertiary/aromatic N) is 6. The molecule has 0 saturated heterocycles. The van der Waals surface area contributed by atoms with Gasteiger partial charge >= 0.3 is 5.97 Å². The molecule has 1 N–H and O–H groups in total. The first-order chi connectivity index (χ1) is 18.3. The largest absolute Gasteiger partial charge is 0.462 e. The van der Waals surface area contributed by atoms with Crippen LogP contribution in [0.2, 0.25) is 0 Å². The number of aromatic nitrogens is 6. The fraction of sp³-hybridized carbons (Fsp3) is 0.167. The topological polar surface area (TPSA) is 116 Å². The summed E-state index contributed by atoms with van der Waals surface area (Å²) in [5.74, 6) is -1.33. The van der Waals surface area contributed by atoms with Gasteiger partial charge in [0.1, 0.15) is 17.0 Å². The summed E-state index contributed by atoms with van der Waals surface area (Å²) in [4.78, 5) is 32.9. The second kappa shape index (κ2) is 9.88. The fourth-order valence-corrected chi connectivity index (χ4v) is 3.81. The van der Waals surface area contributed by atoms with Crippen LogP contribution in [0.1, 0.15) is 52.0 Å². The molecule has 0 aliphatic carbocycles. The van der Waals surface area contributed by atoms with Gasteiger partial charge in [-0.2, -0.15) is 10.2 Å².